The minimum Gasteiger partial charge on any atom is -0.334 e. The molecule has 162 valence electrons. The molecule has 0 aliphatic carbocycles. The van der Waals surface area contributed by atoms with Gasteiger partial charge in [0.2, 0.25) is 5.91 Å². The second kappa shape index (κ2) is 8.42. The minimum absolute atomic E-state index is 0.146. The van der Waals surface area contributed by atoms with E-state index in [1.807, 2.05) is 24.3 Å². The minimum atomic E-state index is -0.289. The maximum absolute atomic E-state index is 12.4. The van der Waals surface area contributed by atoms with Crippen LogP contribution in [0, 0.1) is 0 Å². The Morgan fingerprint density at radius 1 is 0.969 bits per heavy atom. The van der Waals surface area contributed by atoms with Crippen LogP contribution in [0.4, 0.5) is 5.69 Å². The van der Waals surface area contributed by atoms with Crippen molar-refractivity contribution in [2.45, 2.75) is 38.6 Å². The molecule has 2 aliphatic rings. The van der Waals surface area contributed by atoms with Crippen molar-refractivity contribution in [1.29, 1.82) is 0 Å². The Morgan fingerprint density at radius 3 is 2.38 bits per heavy atom. The first-order valence-electron chi connectivity index (χ1n) is 11.0. The summed E-state index contributed by atoms with van der Waals surface area (Å²) in [5.41, 5.74) is 3.56. The lowest BCUT2D eigenvalue weighted by atomic mass is 10.1. The third-order valence-electron chi connectivity index (χ3n) is 6.04. The average Bonchev–Trinajstić information content (AvgIpc) is 3.35. The quantitative estimate of drug-likeness (QED) is 0.604. The summed E-state index contributed by atoms with van der Waals surface area (Å²) in [5.74, 6) is 0.415. The third kappa shape index (κ3) is 3.82. The smallest absolute Gasteiger partial charge is 0.261 e. The molecule has 3 heterocycles. The Bertz CT molecular complexity index is 1140. The summed E-state index contributed by atoms with van der Waals surface area (Å²) in [6.07, 6.45) is 6.14. The summed E-state index contributed by atoms with van der Waals surface area (Å²) in [6, 6.07) is 14.5. The second-order valence-corrected chi connectivity index (χ2v) is 8.23. The molecule has 7 heteroatoms. The van der Waals surface area contributed by atoms with Gasteiger partial charge in [-0.2, -0.15) is 0 Å². The highest BCUT2D eigenvalue weighted by Gasteiger charge is 2.34. The lowest BCUT2D eigenvalue weighted by Gasteiger charge is -2.13. The monoisotopic (exact) mass is 428 g/mol. The molecule has 0 atom stereocenters. The number of nitrogens with zero attached hydrogens (tertiary/aromatic N) is 3. The van der Waals surface area contributed by atoms with E-state index >= 15 is 0 Å². The van der Waals surface area contributed by atoms with Crippen molar-refractivity contribution in [2.24, 2.45) is 0 Å². The van der Waals surface area contributed by atoms with Crippen molar-refractivity contribution >= 4 is 23.4 Å². The van der Waals surface area contributed by atoms with E-state index in [1.54, 1.807) is 24.3 Å². The first-order valence-corrected chi connectivity index (χ1v) is 11.0. The van der Waals surface area contributed by atoms with Crippen molar-refractivity contribution in [1.82, 2.24) is 14.5 Å². The number of hydrogen-bond acceptors (Lipinski definition) is 4. The number of carbonyl (C=O) groups excluding carboxylic acids is 3. The number of hydrogen-bond donors (Lipinski definition) is 1. The second-order valence-electron chi connectivity index (χ2n) is 8.23. The van der Waals surface area contributed by atoms with Crippen molar-refractivity contribution in [3.8, 4) is 11.3 Å². The van der Waals surface area contributed by atoms with E-state index in [4.69, 9.17) is 4.98 Å². The Kier molecular flexibility index (Phi) is 5.31. The Hall–Kier alpha value is -3.74. The predicted octanol–water partition coefficient (Wildman–Crippen LogP) is 3.90. The lowest BCUT2D eigenvalue weighted by molar-refractivity contribution is -0.116. The number of amides is 3. The molecule has 3 amide bonds. The van der Waals surface area contributed by atoms with Crippen LogP contribution in [0.1, 0.15) is 52.2 Å². The third-order valence-corrected chi connectivity index (χ3v) is 6.04. The normalized spacial score (nSPS) is 14.9. The fraction of sp³-hybridized carbons (Fsp3) is 0.280. The topological polar surface area (TPSA) is 84.3 Å². The number of rotatable bonds is 6. The van der Waals surface area contributed by atoms with Gasteiger partial charge in [0.1, 0.15) is 5.82 Å². The summed E-state index contributed by atoms with van der Waals surface area (Å²) in [6.45, 7) is 1.25. The van der Waals surface area contributed by atoms with Crippen molar-refractivity contribution < 1.29 is 14.4 Å². The molecule has 1 N–H and O–H groups in total. The standard InChI is InChI=1S/C25H24N4O3/c30-23(9-5-15-29-24(31)19-6-1-2-7-20(19)25(29)32)26-18-12-10-17(11-13-18)21-16-28-14-4-3-8-22(28)27-21/h1-2,6-7,10-13,16H,3-5,8-9,14-15H2,(H,26,30). The Balaban J connectivity index is 1.14. The zero-order chi connectivity index (χ0) is 22.1. The van der Waals surface area contributed by atoms with Crippen LogP contribution in [0.5, 0.6) is 0 Å². The molecule has 2 aromatic carbocycles. The van der Waals surface area contributed by atoms with E-state index < -0.39 is 0 Å². The van der Waals surface area contributed by atoms with Crippen molar-refractivity contribution in [3.63, 3.8) is 0 Å². The van der Waals surface area contributed by atoms with Gasteiger partial charge in [-0.1, -0.05) is 24.3 Å². The number of aryl methyl sites for hydroxylation is 2. The molecule has 5 rings (SSSR count). The number of imidazole rings is 1. The highest BCUT2D eigenvalue weighted by molar-refractivity contribution is 6.21. The molecule has 2 aliphatic heterocycles. The van der Waals surface area contributed by atoms with Gasteiger partial charge in [0.15, 0.2) is 0 Å². The molecule has 32 heavy (non-hydrogen) atoms. The van der Waals surface area contributed by atoms with E-state index in [1.165, 1.54) is 17.7 Å². The molecule has 0 saturated carbocycles. The molecule has 7 nitrogen and oxygen atoms in total. The van der Waals surface area contributed by atoms with Gasteiger partial charge < -0.3 is 9.88 Å². The van der Waals surface area contributed by atoms with Crippen LogP contribution < -0.4 is 5.32 Å². The molecule has 0 fully saturated rings. The molecule has 0 unspecified atom stereocenters. The van der Waals surface area contributed by atoms with Gasteiger partial charge in [-0.25, -0.2) is 4.98 Å². The fourth-order valence-corrected chi connectivity index (χ4v) is 4.34. The maximum atomic E-state index is 12.4. The molecular weight excluding hydrogens is 404 g/mol. The number of fused-ring (bicyclic) bond motifs is 2. The zero-order valence-corrected chi connectivity index (χ0v) is 17.7. The number of anilines is 1. The summed E-state index contributed by atoms with van der Waals surface area (Å²) >= 11 is 0. The van der Waals surface area contributed by atoms with Gasteiger partial charge in [-0.3, -0.25) is 19.3 Å². The van der Waals surface area contributed by atoms with Crippen LogP contribution in [-0.2, 0) is 17.8 Å². The van der Waals surface area contributed by atoms with E-state index in [2.05, 4.69) is 16.1 Å². The summed E-state index contributed by atoms with van der Waals surface area (Å²) in [4.78, 5) is 43.1. The number of carbonyl (C=O) groups is 3. The maximum Gasteiger partial charge on any atom is 0.261 e. The first kappa shape index (κ1) is 20.2. The van der Waals surface area contributed by atoms with Gasteiger partial charge in [-0.15, -0.1) is 0 Å². The Labute approximate surface area is 186 Å². The number of benzene rings is 2. The van der Waals surface area contributed by atoms with E-state index in [0.717, 1.165) is 30.0 Å². The van der Waals surface area contributed by atoms with Crippen LogP contribution in [0.2, 0.25) is 0 Å². The molecular formula is C25H24N4O3. The molecule has 0 radical (unpaired) electrons. The van der Waals surface area contributed by atoms with Crippen LogP contribution in [-0.4, -0.2) is 38.7 Å². The zero-order valence-electron chi connectivity index (χ0n) is 17.7. The van der Waals surface area contributed by atoms with Crippen molar-refractivity contribution in [3.05, 3.63) is 71.7 Å². The Morgan fingerprint density at radius 2 is 1.69 bits per heavy atom. The number of aromatic nitrogens is 2. The first-order chi connectivity index (χ1) is 15.6. The van der Waals surface area contributed by atoms with Crippen LogP contribution in [0.3, 0.4) is 0 Å². The fourth-order valence-electron chi connectivity index (χ4n) is 4.34. The number of imide groups is 1. The predicted molar refractivity (Wildman–Crippen MR) is 120 cm³/mol. The molecule has 3 aromatic rings. The molecule has 0 spiro atoms. The van der Waals surface area contributed by atoms with Gasteiger partial charge >= 0.3 is 0 Å². The highest BCUT2D eigenvalue weighted by Crippen LogP contribution is 2.25. The summed E-state index contributed by atoms with van der Waals surface area (Å²) in [5, 5.41) is 2.88. The van der Waals surface area contributed by atoms with E-state index in [-0.39, 0.29) is 30.7 Å². The molecule has 0 bridgehead atoms. The van der Waals surface area contributed by atoms with Gasteiger partial charge in [0.05, 0.1) is 16.8 Å². The highest BCUT2D eigenvalue weighted by atomic mass is 16.2. The van der Waals surface area contributed by atoms with Gasteiger partial charge in [0, 0.05) is 43.4 Å². The SMILES string of the molecule is O=C(CCCN1C(=O)c2ccccc2C1=O)Nc1ccc(-c2cn3c(n2)CCCC3)cc1. The molecule has 1 aromatic heterocycles. The van der Waals surface area contributed by atoms with Crippen LogP contribution >= 0.6 is 0 Å². The average molecular weight is 428 g/mol. The lowest BCUT2D eigenvalue weighted by Crippen LogP contribution is -2.31. The van der Waals surface area contributed by atoms with Gasteiger partial charge in [-0.05, 0) is 43.5 Å². The van der Waals surface area contributed by atoms with Crippen LogP contribution in [0.25, 0.3) is 11.3 Å². The van der Waals surface area contributed by atoms with Crippen molar-refractivity contribution in [2.75, 3.05) is 11.9 Å². The largest absolute Gasteiger partial charge is 0.334 e. The summed E-state index contributed by atoms with van der Waals surface area (Å²) < 4.78 is 2.23. The number of nitrogens with one attached hydrogen (secondary N) is 1. The van der Waals surface area contributed by atoms with E-state index in [0.29, 0.717) is 23.2 Å². The molecule has 0 saturated heterocycles. The van der Waals surface area contributed by atoms with E-state index in [9.17, 15) is 14.4 Å². The summed E-state index contributed by atoms with van der Waals surface area (Å²) in [7, 11) is 0. The van der Waals surface area contributed by atoms with Gasteiger partial charge in [0.25, 0.3) is 11.8 Å². The van der Waals surface area contributed by atoms with Crippen LogP contribution in [0.15, 0.2) is 54.7 Å².